The molecule has 0 nitrogen and oxygen atoms in total. The summed E-state index contributed by atoms with van der Waals surface area (Å²) in [7, 11) is 0. The molecule has 0 N–H and O–H groups in total. The van der Waals surface area contributed by atoms with Crippen LogP contribution in [0.2, 0.25) is 0 Å². The normalized spacial score (nSPS) is 10.5. The molecule has 0 amide bonds. The van der Waals surface area contributed by atoms with Crippen LogP contribution in [0.3, 0.4) is 0 Å². The summed E-state index contributed by atoms with van der Waals surface area (Å²) in [5.41, 5.74) is 4.02. The zero-order valence-corrected chi connectivity index (χ0v) is 8.87. The Hall–Kier alpha value is 0.0265. The van der Waals surface area contributed by atoms with E-state index in [1.54, 1.807) is 0 Å². The van der Waals surface area contributed by atoms with Crippen LogP contribution in [0.1, 0.15) is 16.7 Å². The van der Waals surface area contributed by atoms with Crippen molar-refractivity contribution in [3.05, 3.63) is 28.8 Å². The molecular weight excluding hydrogens is 198 g/mol. The third-order valence-electron chi connectivity index (χ3n) is 1.71. The van der Waals surface area contributed by atoms with Gasteiger partial charge in [-0.05, 0) is 0 Å². The van der Waals surface area contributed by atoms with E-state index in [4.69, 9.17) is 0 Å². The molecule has 1 aromatic carbocycles. The van der Waals surface area contributed by atoms with Crippen molar-refractivity contribution in [1.82, 2.24) is 0 Å². The predicted molar refractivity (Wildman–Crippen MR) is 47.2 cm³/mol. The number of aryl methyl sites for hydroxylation is 3. The summed E-state index contributed by atoms with van der Waals surface area (Å²) >= 11 is 4.30. The quantitative estimate of drug-likeness (QED) is 0.623. The summed E-state index contributed by atoms with van der Waals surface area (Å²) in [5, 5.41) is 1.34. The van der Waals surface area contributed by atoms with Crippen LogP contribution in [0.25, 0.3) is 0 Å². The van der Waals surface area contributed by atoms with Crippen molar-refractivity contribution >= 4 is 12.2 Å². The van der Waals surface area contributed by atoms with Crippen molar-refractivity contribution < 1.29 is 14.8 Å². The molecular formula is C9H11CoP. The van der Waals surface area contributed by atoms with Gasteiger partial charge in [-0.2, -0.15) is 0 Å². The summed E-state index contributed by atoms with van der Waals surface area (Å²) in [6, 6.07) is 4.40. The van der Waals surface area contributed by atoms with E-state index >= 15 is 0 Å². The molecule has 0 saturated carbocycles. The van der Waals surface area contributed by atoms with Crippen LogP contribution in [0.5, 0.6) is 0 Å². The predicted octanol–water partition coefficient (Wildman–Crippen LogP) is 2.65. The van der Waals surface area contributed by atoms with Gasteiger partial charge >= 0.3 is 76.6 Å². The van der Waals surface area contributed by atoms with Gasteiger partial charge in [0.15, 0.2) is 0 Å². The first-order valence-electron chi connectivity index (χ1n) is 3.53. The third-order valence-corrected chi connectivity index (χ3v) is 3.26. The van der Waals surface area contributed by atoms with E-state index in [1.807, 2.05) is 0 Å². The van der Waals surface area contributed by atoms with Crippen LogP contribution < -0.4 is 5.30 Å². The van der Waals surface area contributed by atoms with Crippen LogP contribution in [0, 0.1) is 20.8 Å². The van der Waals surface area contributed by atoms with Crippen LogP contribution in [0.15, 0.2) is 12.1 Å². The SMILES string of the molecule is Cc1cc(C)c([P]=[Co])c(C)c1. The zero-order valence-electron chi connectivity index (χ0n) is 6.94. The van der Waals surface area contributed by atoms with Crippen LogP contribution in [-0.4, -0.2) is 0 Å². The number of benzene rings is 1. The average molecular weight is 209 g/mol. The van der Waals surface area contributed by atoms with Gasteiger partial charge in [0.2, 0.25) is 0 Å². The van der Waals surface area contributed by atoms with Crippen LogP contribution >= 0.6 is 6.87 Å². The Labute approximate surface area is 76.9 Å². The Morgan fingerprint density at radius 3 is 1.91 bits per heavy atom. The van der Waals surface area contributed by atoms with E-state index in [2.05, 4.69) is 47.7 Å². The van der Waals surface area contributed by atoms with Gasteiger partial charge < -0.3 is 0 Å². The molecule has 61 valence electrons. The number of rotatable bonds is 1. The van der Waals surface area contributed by atoms with Gasteiger partial charge in [-0.15, -0.1) is 0 Å². The Bertz CT molecular complexity index is 269. The van der Waals surface area contributed by atoms with Gasteiger partial charge in [-0.3, -0.25) is 0 Å². The average Bonchev–Trinajstić information content (AvgIpc) is 1.85. The molecule has 0 saturated heterocycles. The molecule has 11 heavy (non-hydrogen) atoms. The monoisotopic (exact) mass is 209 g/mol. The molecule has 0 bridgehead atoms. The van der Waals surface area contributed by atoms with Gasteiger partial charge in [0.1, 0.15) is 0 Å². The fraction of sp³-hybridized carbons (Fsp3) is 0.333. The molecule has 0 heterocycles. The van der Waals surface area contributed by atoms with Gasteiger partial charge in [-0.25, -0.2) is 0 Å². The molecule has 1 aromatic rings. The van der Waals surface area contributed by atoms with Gasteiger partial charge in [0.05, 0.1) is 0 Å². The second-order valence-corrected chi connectivity index (χ2v) is 4.12. The summed E-state index contributed by atoms with van der Waals surface area (Å²) < 4.78 is 0. The molecule has 0 aliphatic rings. The maximum atomic E-state index is 4.30. The molecule has 0 atom stereocenters. The molecule has 0 aliphatic heterocycles. The van der Waals surface area contributed by atoms with E-state index in [1.165, 1.54) is 22.0 Å². The van der Waals surface area contributed by atoms with E-state index in [-0.39, 0.29) is 0 Å². The Morgan fingerprint density at radius 2 is 1.55 bits per heavy atom. The van der Waals surface area contributed by atoms with Crippen LogP contribution in [-0.2, 0) is 14.8 Å². The van der Waals surface area contributed by atoms with Crippen LogP contribution in [0.4, 0.5) is 0 Å². The van der Waals surface area contributed by atoms with E-state index in [9.17, 15) is 0 Å². The first kappa shape index (κ1) is 9.12. The fourth-order valence-corrected chi connectivity index (χ4v) is 2.76. The Kier molecular flexibility index (Phi) is 3.00. The van der Waals surface area contributed by atoms with E-state index in [0.717, 1.165) is 6.87 Å². The Morgan fingerprint density at radius 1 is 1.09 bits per heavy atom. The van der Waals surface area contributed by atoms with E-state index in [0.29, 0.717) is 0 Å². The number of hydrogen-bond acceptors (Lipinski definition) is 0. The molecule has 1 rings (SSSR count). The third kappa shape index (κ3) is 1.99. The molecule has 2 heteroatoms. The standard InChI is InChI=1S/C9H11P.Co/c1-6-4-7(2)9(10)8(3)5-6;/h4-5H,1-3H3;. The molecule has 0 aromatic heterocycles. The van der Waals surface area contributed by atoms with Gasteiger partial charge in [-0.1, -0.05) is 0 Å². The minimum absolute atomic E-state index is 1.06. The second-order valence-electron chi connectivity index (χ2n) is 2.82. The molecule has 0 radical (unpaired) electrons. The second kappa shape index (κ2) is 3.62. The van der Waals surface area contributed by atoms with Gasteiger partial charge in [0.25, 0.3) is 0 Å². The molecule has 0 fully saturated rings. The molecule has 0 unspecified atom stereocenters. The van der Waals surface area contributed by atoms with E-state index < -0.39 is 0 Å². The van der Waals surface area contributed by atoms with Crippen molar-refractivity contribution in [2.24, 2.45) is 0 Å². The summed E-state index contributed by atoms with van der Waals surface area (Å²) in [6.07, 6.45) is 0. The Balaban J connectivity index is 3.36. The van der Waals surface area contributed by atoms with Crippen molar-refractivity contribution in [3.63, 3.8) is 0 Å². The van der Waals surface area contributed by atoms with Crippen molar-refractivity contribution in [2.75, 3.05) is 0 Å². The molecule has 0 aliphatic carbocycles. The minimum atomic E-state index is 1.06. The number of hydrogen-bond donors (Lipinski definition) is 0. The van der Waals surface area contributed by atoms with Crippen molar-refractivity contribution in [1.29, 1.82) is 0 Å². The van der Waals surface area contributed by atoms with Crippen molar-refractivity contribution in [3.8, 4) is 0 Å². The zero-order chi connectivity index (χ0) is 8.43. The maximum absolute atomic E-state index is 4.30. The van der Waals surface area contributed by atoms with Crippen molar-refractivity contribution in [2.45, 2.75) is 20.8 Å². The first-order valence-corrected chi connectivity index (χ1v) is 5.67. The summed E-state index contributed by atoms with van der Waals surface area (Å²) in [6.45, 7) is 7.46. The van der Waals surface area contributed by atoms with Gasteiger partial charge in [0, 0.05) is 0 Å². The molecule has 0 spiro atoms. The summed E-state index contributed by atoms with van der Waals surface area (Å²) in [4.78, 5) is 0. The fourth-order valence-electron chi connectivity index (χ4n) is 1.29. The summed E-state index contributed by atoms with van der Waals surface area (Å²) in [5.74, 6) is 0. The topological polar surface area (TPSA) is 0 Å². The first-order chi connectivity index (χ1) is 5.15.